The van der Waals surface area contributed by atoms with Gasteiger partial charge in [0.2, 0.25) is 5.89 Å². The van der Waals surface area contributed by atoms with E-state index >= 15 is 0 Å². The molecule has 1 saturated heterocycles. The fourth-order valence-corrected chi connectivity index (χ4v) is 2.62. The molecule has 1 aliphatic rings. The summed E-state index contributed by atoms with van der Waals surface area (Å²) in [5, 5.41) is 4.15. The maximum absolute atomic E-state index is 5.88. The second-order valence-electron chi connectivity index (χ2n) is 5.24. The minimum atomic E-state index is 0.534. The summed E-state index contributed by atoms with van der Waals surface area (Å²) in [5.41, 5.74) is 1.93. The third-order valence-corrected chi connectivity index (χ3v) is 3.73. The smallest absolute Gasteiger partial charge is 0.226 e. The van der Waals surface area contributed by atoms with Crippen LogP contribution in [-0.4, -0.2) is 35.6 Å². The molecule has 1 aromatic carbocycles. The molecule has 1 aromatic heterocycles. The van der Waals surface area contributed by atoms with Crippen LogP contribution in [0.5, 0.6) is 0 Å². The molecule has 0 spiro atoms. The van der Waals surface area contributed by atoms with Crippen LogP contribution in [0.2, 0.25) is 5.02 Å². The summed E-state index contributed by atoms with van der Waals surface area (Å²) >= 11 is 5.88. The van der Waals surface area contributed by atoms with E-state index in [0.717, 1.165) is 42.5 Å². The Labute approximate surface area is 123 Å². The van der Waals surface area contributed by atoms with Crippen LogP contribution in [0.4, 0.5) is 0 Å². The van der Waals surface area contributed by atoms with E-state index in [1.165, 1.54) is 0 Å². The average Bonchev–Trinajstić information content (AvgIpc) is 2.88. The quantitative estimate of drug-likeness (QED) is 0.944. The molecule has 0 saturated carbocycles. The van der Waals surface area contributed by atoms with E-state index in [1.807, 2.05) is 24.3 Å². The summed E-state index contributed by atoms with van der Waals surface area (Å²) in [6.07, 6.45) is 1.75. The molecule has 1 N–H and O–H groups in total. The lowest BCUT2D eigenvalue weighted by molar-refractivity contribution is 0.197. The zero-order chi connectivity index (χ0) is 13.9. The van der Waals surface area contributed by atoms with E-state index in [0.29, 0.717) is 11.9 Å². The van der Waals surface area contributed by atoms with Crippen LogP contribution in [-0.2, 0) is 6.54 Å². The van der Waals surface area contributed by atoms with Crippen molar-refractivity contribution in [3.63, 3.8) is 0 Å². The molecule has 1 aliphatic heterocycles. The molecule has 1 fully saturated rings. The number of hydrogen-bond donors (Lipinski definition) is 1. The summed E-state index contributed by atoms with van der Waals surface area (Å²) in [5.74, 6) is 0.653. The number of rotatable bonds is 3. The molecular formula is C15H18ClN3O. The van der Waals surface area contributed by atoms with Crippen LogP contribution < -0.4 is 5.32 Å². The van der Waals surface area contributed by atoms with Gasteiger partial charge in [-0.05, 0) is 31.2 Å². The fourth-order valence-electron chi connectivity index (χ4n) is 2.49. The molecule has 4 nitrogen and oxygen atoms in total. The Hall–Kier alpha value is -1.36. The normalized spacial score (nSPS) is 20.2. The highest BCUT2D eigenvalue weighted by Crippen LogP contribution is 2.21. The minimum absolute atomic E-state index is 0.534. The number of benzene rings is 1. The van der Waals surface area contributed by atoms with Gasteiger partial charge in [-0.3, -0.25) is 4.90 Å². The summed E-state index contributed by atoms with van der Waals surface area (Å²) in [7, 11) is 0. The summed E-state index contributed by atoms with van der Waals surface area (Å²) in [6, 6.07) is 8.07. The second kappa shape index (κ2) is 5.95. The largest absolute Gasteiger partial charge is 0.444 e. The van der Waals surface area contributed by atoms with Gasteiger partial charge in [0.25, 0.3) is 0 Å². The number of oxazole rings is 1. The van der Waals surface area contributed by atoms with Crippen molar-refractivity contribution in [1.29, 1.82) is 0 Å². The molecule has 0 radical (unpaired) electrons. The SMILES string of the molecule is CC1CN(Cc2coc(-c3ccc(Cl)cc3)n2)CCN1. The molecule has 1 unspecified atom stereocenters. The van der Waals surface area contributed by atoms with Gasteiger partial charge in [0, 0.05) is 42.8 Å². The topological polar surface area (TPSA) is 41.3 Å². The predicted molar refractivity (Wildman–Crippen MR) is 79.7 cm³/mol. The first-order chi connectivity index (χ1) is 9.70. The van der Waals surface area contributed by atoms with Crippen LogP contribution in [0.25, 0.3) is 11.5 Å². The number of nitrogens with one attached hydrogen (secondary N) is 1. The zero-order valence-electron chi connectivity index (χ0n) is 11.5. The Morgan fingerprint density at radius 2 is 2.20 bits per heavy atom. The Morgan fingerprint density at radius 3 is 2.95 bits per heavy atom. The van der Waals surface area contributed by atoms with Gasteiger partial charge in [-0.2, -0.15) is 0 Å². The van der Waals surface area contributed by atoms with Gasteiger partial charge in [-0.1, -0.05) is 11.6 Å². The van der Waals surface area contributed by atoms with Gasteiger partial charge in [0.1, 0.15) is 6.26 Å². The van der Waals surface area contributed by atoms with Crippen molar-refractivity contribution in [2.75, 3.05) is 19.6 Å². The van der Waals surface area contributed by atoms with Gasteiger partial charge in [-0.15, -0.1) is 0 Å². The monoisotopic (exact) mass is 291 g/mol. The van der Waals surface area contributed by atoms with E-state index in [-0.39, 0.29) is 0 Å². The van der Waals surface area contributed by atoms with Crippen molar-refractivity contribution < 1.29 is 4.42 Å². The van der Waals surface area contributed by atoms with Crippen LogP contribution in [0, 0.1) is 0 Å². The lowest BCUT2D eigenvalue weighted by Gasteiger charge is -2.31. The van der Waals surface area contributed by atoms with Crippen molar-refractivity contribution in [3.05, 3.63) is 41.2 Å². The molecule has 0 aliphatic carbocycles. The molecular weight excluding hydrogens is 274 g/mol. The highest BCUT2D eigenvalue weighted by Gasteiger charge is 2.17. The Bertz CT molecular complexity index is 567. The van der Waals surface area contributed by atoms with Gasteiger partial charge >= 0.3 is 0 Å². The average molecular weight is 292 g/mol. The van der Waals surface area contributed by atoms with Crippen molar-refractivity contribution >= 4 is 11.6 Å². The molecule has 0 bridgehead atoms. The first-order valence-electron chi connectivity index (χ1n) is 6.87. The first-order valence-corrected chi connectivity index (χ1v) is 7.24. The summed E-state index contributed by atoms with van der Waals surface area (Å²) < 4.78 is 5.56. The lowest BCUT2D eigenvalue weighted by atomic mass is 10.2. The molecule has 0 amide bonds. The number of aromatic nitrogens is 1. The lowest BCUT2D eigenvalue weighted by Crippen LogP contribution is -2.48. The third kappa shape index (κ3) is 3.20. The predicted octanol–water partition coefficient (Wildman–Crippen LogP) is 2.79. The van der Waals surface area contributed by atoms with Crippen molar-refractivity contribution in [1.82, 2.24) is 15.2 Å². The van der Waals surface area contributed by atoms with Crippen molar-refractivity contribution in [3.8, 4) is 11.5 Å². The Kier molecular flexibility index (Phi) is 4.05. The second-order valence-corrected chi connectivity index (χ2v) is 5.68. The highest BCUT2D eigenvalue weighted by atomic mass is 35.5. The summed E-state index contributed by atoms with van der Waals surface area (Å²) in [4.78, 5) is 6.95. The van der Waals surface area contributed by atoms with Crippen LogP contribution >= 0.6 is 11.6 Å². The Morgan fingerprint density at radius 1 is 1.40 bits per heavy atom. The van der Waals surface area contributed by atoms with E-state index in [1.54, 1.807) is 6.26 Å². The molecule has 2 heterocycles. The van der Waals surface area contributed by atoms with Gasteiger partial charge in [0.05, 0.1) is 5.69 Å². The van der Waals surface area contributed by atoms with Crippen LogP contribution in [0.1, 0.15) is 12.6 Å². The third-order valence-electron chi connectivity index (χ3n) is 3.48. The standard InChI is InChI=1S/C15H18ClN3O/c1-11-8-19(7-6-17-11)9-14-10-20-15(18-14)12-2-4-13(16)5-3-12/h2-5,10-11,17H,6-9H2,1H3. The molecule has 2 aromatic rings. The number of halogens is 1. The molecule has 1 atom stereocenters. The first kappa shape index (κ1) is 13.6. The van der Waals surface area contributed by atoms with Gasteiger partial charge in [-0.25, -0.2) is 4.98 Å². The van der Waals surface area contributed by atoms with E-state index in [9.17, 15) is 0 Å². The maximum Gasteiger partial charge on any atom is 0.226 e. The highest BCUT2D eigenvalue weighted by molar-refractivity contribution is 6.30. The van der Waals surface area contributed by atoms with E-state index in [2.05, 4.69) is 22.1 Å². The number of piperazine rings is 1. The zero-order valence-corrected chi connectivity index (χ0v) is 12.2. The fraction of sp³-hybridized carbons (Fsp3) is 0.400. The minimum Gasteiger partial charge on any atom is -0.444 e. The molecule has 5 heteroatoms. The summed E-state index contributed by atoms with van der Waals surface area (Å²) in [6.45, 7) is 6.16. The van der Waals surface area contributed by atoms with E-state index in [4.69, 9.17) is 16.0 Å². The van der Waals surface area contributed by atoms with Crippen LogP contribution in [0.3, 0.4) is 0 Å². The molecule has 3 rings (SSSR count). The van der Waals surface area contributed by atoms with Gasteiger partial charge < -0.3 is 9.73 Å². The van der Waals surface area contributed by atoms with Crippen molar-refractivity contribution in [2.45, 2.75) is 19.5 Å². The van der Waals surface area contributed by atoms with E-state index < -0.39 is 0 Å². The van der Waals surface area contributed by atoms with Crippen molar-refractivity contribution in [2.24, 2.45) is 0 Å². The van der Waals surface area contributed by atoms with Crippen LogP contribution in [0.15, 0.2) is 34.9 Å². The molecule has 106 valence electrons. The molecule has 20 heavy (non-hydrogen) atoms. The maximum atomic E-state index is 5.88. The number of hydrogen-bond acceptors (Lipinski definition) is 4. The Balaban J connectivity index is 1.69. The number of nitrogens with zero attached hydrogens (tertiary/aromatic N) is 2. The van der Waals surface area contributed by atoms with Gasteiger partial charge in [0.15, 0.2) is 0 Å².